The number of urea groups is 1. The smallest absolute Gasteiger partial charge is 0.322 e. The van der Waals surface area contributed by atoms with Crippen LogP contribution in [-0.2, 0) is 11.3 Å². The molecule has 3 N–H and O–H groups in total. The molecule has 4 saturated carbocycles. The second kappa shape index (κ2) is 8.58. The van der Waals surface area contributed by atoms with Crippen molar-refractivity contribution in [3.63, 3.8) is 0 Å². The van der Waals surface area contributed by atoms with E-state index in [0.717, 1.165) is 60.7 Å². The lowest BCUT2D eigenvalue weighted by Gasteiger charge is -2.56. The van der Waals surface area contributed by atoms with Gasteiger partial charge in [0.2, 0.25) is 0 Å². The summed E-state index contributed by atoms with van der Waals surface area (Å²) in [5.74, 6) is 2.11. The van der Waals surface area contributed by atoms with E-state index in [1.54, 1.807) is 0 Å². The third kappa shape index (κ3) is 4.80. The maximum Gasteiger partial charge on any atom is 0.322 e. The Hall–Kier alpha value is -2.08. The standard InChI is InChI=1S/C24H36N4O2/c1-4-28(15-17-5-7-21(8-6-17)27(2)3)16-22(29)25-23(30)26-24-12-18-9-19(13-24)11-20(10-18)14-24/h5-8,18-20H,4,9-16H2,1-3H3,(H2,25,26,29,30)/p+1. The van der Waals surface area contributed by atoms with Crippen LogP contribution in [0, 0.1) is 17.8 Å². The quantitative estimate of drug-likeness (QED) is 0.640. The van der Waals surface area contributed by atoms with Crippen LogP contribution in [0.2, 0.25) is 0 Å². The second-order valence-corrected chi connectivity index (χ2v) is 10.2. The Kier molecular flexibility index (Phi) is 6.05. The van der Waals surface area contributed by atoms with E-state index in [2.05, 4.69) is 46.7 Å². The number of benzene rings is 1. The fraction of sp³-hybridized carbons (Fsp3) is 0.667. The van der Waals surface area contributed by atoms with Crippen molar-refractivity contribution in [2.45, 2.75) is 57.5 Å². The van der Waals surface area contributed by atoms with Gasteiger partial charge in [-0.25, -0.2) is 4.79 Å². The highest BCUT2D eigenvalue weighted by Crippen LogP contribution is 2.55. The number of anilines is 1. The minimum absolute atomic E-state index is 0.0649. The second-order valence-electron chi connectivity index (χ2n) is 10.2. The van der Waals surface area contributed by atoms with E-state index >= 15 is 0 Å². The maximum absolute atomic E-state index is 12.6. The lowest BCUT2D eigenvalue weighted by atomic mass is 9.53. The van der Waals surface area contributed by atoms with Gasteiger partial charge in [-0.15, -0.1) is 0 Å². The molecule has 1 unspecified atom stereocenters. The summed E-state index contributed by atoms with van der Waals surface area (Å²) in [4.78, 5) is 28.4. The number of hydrogen-bond donors (Lipinski definition) is 3. The summed E-state index contributed by atoms with van der Waals surface area (Å²) in [5, 5.41) is 5.84. The molecule has 6 heteroatoms. The first kappa shape index (κ1) is 21.2. The van der Waals surface area contributed by atoms with Crippen LogP contribution < -0.4 is 20.4 Å². The van der Waals surface area contributed by atoms with E-state index < -0.39 is 0 Å². The zero-order valence-electron chi connectivity index (χ0n) is 18.7. The van der Waals surface area contributed by atoms with Crippen molar-refractivity contribution >= 4 is 17.6 Å². The third-order valence-corrected chi connectivity index (χ3v) is 7.49. The van der Waals surface area contributed by atoms with E-state index in [9.17, 15) is 9.59 Å². The number of amides is 3. The highest BCUT2D eigenvalue weighted by atomic mass is 16.2. The summed E-state index contributed by atoms with van der Waals surface area (Å²) in [5.41, 5.74) is 2.30. The molecule has 0 saturated heterocycles. The summed E-state index contributed by atoms with van der Waals surface area (Å²) in [6.07, 6.45) is 7.30. The highest BCUT2D eigenvalue weighted by molar-refractivity contribution is 5.95. The van der Waals surface area contributed by atoms with Crippen LogP contribution in [0.4, 0.5) is 10.5 Å². The number of quaternary nitrogens is 1. The Bertz CT molecular complexity index is 739. The third-order valence-electron chi connectivity index (χ3n) is 7.49. The summed E-state index contributed by atoms with van der Waals surface area (Å²) in [6.45, 7) is 3.99. The molecule has 30 heavy (non-hydrogen) atoms. The molecule has 1 aromatic rings. The van der Waals surface area contributed by atoms with Gasteiger partial charge in [0.25, 0.3) is 5.91 Å². The van der Waals surface area contributed by atoms with Gasteiger partial charge < -0.3 is 15.1 Å². The SMILES string of the molecule is CC[NH+](CC(=O)NC(=O)NC12CC3CC(CC(C3)C1)C2)Cc1ccc(N(C)C)cc1. The highest BCUT2D eigenvalue weighted by Gasteiger charge is 2.51. The van der Waals surface area contributed by atoms with Crippen LogP contribution in [0.15, 0.2) is 24.3 Å². The molecule has 3 amide bonds. The molecule has 0 radical (unpaired) electrons. The van der Waals surface area contributed by atoms with Crippen LogP contribution in [0.3, 0.4) is 0 Å². The molecule has 164 valence electrons. The van der Waals surface area contributed by atoms with Crippen LogP contribution in [-0.4, -0.2) is 44.7 Å². The Balaban J connectivity index is 1.27. The normalized spacial score (nSPS) is 30.0. The number of hydrogen-bond acceptors (Lipinski definition) is 3. The van der Waals surface area contributed by atoms with Crippen molar-refractivity contribution in [1.82, 2.24) is 10.6 Å². The van der Waals surface area contributed by atoms with Crippen molar-refractivity contribution in [2.24, 2.45) is 17.8 Å². The van der Waals surface area contributed by atoms with Gasteiger partial charge in [-0.3, -0.25) is 10.1 Å². The van der Waals surface area contributed by atoms with Crippen molar-refractivity contribution in [3.8, 4) is 0 Å². The number of imide groups is 1. The van der Waals surface area contributed by atoms with Gasteiger partial charge in [0.1, 0.15) is 6.54 Å². The van der Waals surface area contributed by atoms with Crippen molar-refractivity contribution in [2.75, 3.05) is 32.1 Å². The largest absolute Gasteiger partial charge is 0.378 e. The lowest BCUT2D eigenvalue weighted by molar-refractivity contribution is -0.904. The van der Waals surface area contributed by atoms with Gasteiger partial charge in [0.15, 0.2) is 6.54 Å². The van der Waals surface area contributed by atoms with Gasteiger partial charge in [-0.1, -0.05) is 12.1 Å². The number of carbonyl (C=O) groups is 2. The molecule has 4 aliphatic rings. The van der Waals surface area contributed by atoms with Crippen molar-refractivity contribution < 1.29 is 14.5 Å². The molecule has 5 rings (SSSR count). The van der Waals surface area contributed by atoms with Gasteiger partial charge in [-0.05, 0) is 75.3 Å². The summed E-state index contributed by atoms with van der Waals surface area (Å²) < 4.78 is 0. The Morgan fingerprint density at radius 2 is 1.60 bits per heavy atom. The minimum atomic E-state index is -0.298. The number of nitrogens with zero attached hydrogens (tertiary/aromatic N) is 1. The first-order valence-corrected chi connectivity index (χ1v) is 11.6. The molecule has 0 aliphatic heterocycles. The summed E-state index contributed by atoms with van der Waals surface area (Å²) in [7, 11) is 4.05. The number of carbonyl (C=O) groups excluding carboxylic acids is 2. The fourth-order valence-corrected chi connectivity index (χ4v) is 6.45. The minimum Gasteiger partial charge on any atom is -0.378 e. The Morgan fingerprint density at radius 3 is 2.10 bits per heavy atom. The fourth-order valence-electron chi connectivity index (χ4n) is 6.45. The van der Waals surface area contributed by atoms with Gasteiger partial charge in [0.05, 0.1) is 6.54 Å². The molecule has 0 heterocycles. The average molecular weight is 414 g/mol. The zero-order valence-corrected chi connectivity index (χ0v) is 18.7. The van der Waals surface area contributed by atoms with Gasteiger partial charge in [0, 0.05) is 30.9 Å². The molecule has 6 nitrogen and oxygen atoms in total. The Morgan fingerprint density at radius 1 is 1.03 bits per heavy atom. The number of rotatable bonds is 7. The molecule has 0 aromatic heterocycles. The number of nitrogens with one attached hydrogen (secondary N) is 3. The van der Waals surface area contributed by atoms with Gasteiger partial charge >= 0.3 is 6.03 Å². The van der Waals surface area contributed by atoms with Crippen LogP contribution >= 0.6 is 0 Å². The lowest BCUT2D eigenvalue weighted by Crippen LogP contribution is -3.11. The molecule has 4 fully saturated rings. The molecule has 1 aromatic carbocycles. The molecule has 4 aliphatic carbocycles. The van der Waals surface area contributed by atoms with Crippen LogP contribution in [0.5, 0.6) is 0 Å². The monoisotopic (exact) mass is 413 g/mol. The van der Waals surface area contributed by atoms with Crippen molar-refractivity contribution in [3.05, 3.63) is 29.8 Å². The molecular formula is C24H37N4O2+. The summed E-state index contributed by atoms with van der Waals surface area (Å²) >= 11 is 0. The predicted octanol–water partition coefficient (Wildman–Crippen LogP) is 1.95. The predicted molar refractivity (Wildman–Crippen MR) is 118 cm³/mol. The van der Waals surface area contributed by atoms with E-state index in [1.165, 1.54) is 24.8 Å². The molecular weight excluding hydrogens is 376 g/mol. The van der Waals surface area contributed by atoms with E-state index in [1.807, 2.05) is 14.1 Å². The van der Waals surface area contributed by atoms with Gasteiger partial charge in [-0.2, -0.15) is 0 Å². The maximum atomic E-state index is 12.6. The average Bonchev–Trinajstić information content (AvgIpc) is 2.66. The van der Waals surface area contributed by atoms with Crippen molar-refractivity contribution in [1.29, 1.82) is 0 Å². The van der Waals surface area contributed by atoms with E-state index in [4.69, 9.17) is 0 Å². The molecule has 1 atom stereocenters. The molecule has 4 bridgehead atoms. The van der Waals surface area contributed by atoms with E-state index in [-0.39, 0.29) is 17.5 Å². The first-order valence-electron chi connectivity index (χ1n) is 11.6. The zero-order chi connectivity index (χ0) is 21.3. The topological polar surface area (TPSA) is 65.9 Å². The van der Waals surface area contributed by atoms with Crippen LogP contribution in [0.25, 0.3) is 0 Å². The Labute approximate surface area is 180 Å². The summed E-state index contributed by atoms with van der Waals surface area (Å²) in [6, 6.07) is 8.13. The molecule has 0 spiro atoms. The van der Waals surface area contributed by atoms with E-state index in [0.29, 0.717) is 6.54 Å². The first-order chi connectivity index (χ1) is 14.3. The van der Waals surface area contributed by atoms with Crippen LogP contribution in [0.1, 0.15) is 51.0 Å². The number of likely N-dealkylation sites (N-methyl/N-ethyl adjacent to an activating group) is 1.